The molecule has 202 valence electrons. The largest absolute Gasteiger partial charge is 0.483 e. The second-order valence-electron chi connectivity index (χ2n) is 9.12. The molecule has 40 heavy (non-hydrogen) atoms. The molecule has 11 nitrogen and oxygen atoms in total. The third-order valence-electron chi connectivity index (χ3n) is 6.28. The molecule has 0 saturated carbocycles. The maximum absolute atomic E-state index is 15.0. The molecule has 0 aliphatic carbocycles. The van der Waals surface area contributed by atoms with E-state index in [1.165, 1.54) is 43.0 Å². The van der Waals surface area contributed by atoms with E-state index in [0.717, 1.165) is 15.8 Å². The van der Waals surface area contributed by atoms with Crippen molar-refractivity contribution < 1.29 is 28.2 Å². The number of nitrogens with two attached hydrogens (primary N) is 1. The monoisotopic (exact) mass is 560 g/mol. The number of carbonyl (C=O) groups is 2. The molecule has 0 saturated heterocycles. The van der Waals surface area contributed by atoms with Gasteiger partial charge in [-0.05, 0) is 30.7 Å². The van der Waals surface area contributed by atoms with Crippen LogP contribution in [0.3, 0.4) is 0 Å². The van der Waals surface area contributed by atoms with Gasteiger partial charge in [0.15, 0.2) is 11.6 Å². The summed E-state index contributed by atoms with van der Waals surface area (Å²) in [5.41, 5.74) is 9.86. The Morgan fingerprint density at radius 3 is 2.83 bits per heavy atom. The lowest BCUT2D eigenvalue weighted by atomic mass is 10.1. The van der Waals surface area contributed by atoms with Crippen molar-refractivity contribution in [2.75, 3.05) is 19.0 Å². The van der Waals surface area contributed by atoms with Crippen molar-refractivity contribution in [2.45, 2.75) is 19.4 Å². The molecule has 6 rings (SSSR count). The predicted octanol–water partition coefficient (Wildman–Crippen LogP) is 4.41. The van der Waals surface area contributed by atoms with Crippen LogP contribution < -0.4 is 20.5 Å². The molecule has 2 aromatic carbocycles. The van der Waals surface area contributed by atoms with E-state index in [1.807, 2.05) is 19.1 Å². The number of aryl methyl sites for hydroxylation is 1. The zero-order chi connectivity index (χ0) is 28.0. The van der Waals surface area contributed by atoms with Gasteiger partial charge in [0.2, 0.25) is 11.8 Å². The lowest BCUT2D eigenvalue weighted by Crippen LogP contribution is -2.25. The van der Waals surface area contributed by atoms with Crippen molar-refractivity contribution in [3.05, 3.63) is 65.4 Å². The lowest BCUT2D eigenvalue weighted by Gasteiger charge is -2.12. The maximum atomic E-state index is 15.0. The van der Waals surface area contributed by atoms with E-state index in [1.54, 1.807) is 6.20 Å². The fraction of sp³-hybridized carbons (Fsp3) is 0.185. The number of pyridine rings is 1. The first-order valence-electron chi connectivity index (χ1n) is 12.1. The van der Waals surface area contributed by atoms with Gasteiger partial charge in [0, 0.05) is 29.8 Å². The van der Waals surface area contributed by atoms with Crippen molar-refractivity contribution in [2.24, 2.45) is 5.73 Å². The van der Waals surface area contributed by atoms with Crippen LogP contribution in [0.15, 0.2) is 42.9 Å². The smallest absolute Gasteiger partial charge is 0.411 e. The van der Waals surface area contributed by atoms with Crippen molar-refractivity contribution in [3.63, 3.8) is 0 Å². The zero-order valence-corrected chi connectivity index (χ0v) is 22.0. The van der Waals surface area contributed by atoms with Gasteiger partial charge in [0.05, 0.1) is 52.0 Å². The number of hydrogen-bond donors (Lipinski definition) is 2. The third-order valence-corrected chi connectivity index (χ3v) is 7.44. The van der Waals surface area contributed by atoms with Crippen LogP contribution in [-0.4, -0.2) is 51.8 Å². The fourth-order valence-corrected chi connectivity index (χ4v) is 5.62. The minimum absolute atomic E-state index is 0.119. The van der Waals surface area contributed by atoms with Crippen LogP contribution in [0, 0.1) is 12.7 Å². The van der Waals surface area contributed by atoms with Crippen LogP contribution in [0.1, 0.15) is 21.5 Å². The van der Waals surface area contributed by atoms with Gasteiger partial charge < -0.3 is 19.9 Å². The molecule has 0 spiro atoms. The highest BCUT2D eigenvalue weighted by molar-refractivity contribution is 7.22. The van der Waals surface area contributed by atoms with Gasteiger partial charge in [-0.2, -0.15) is 0 Å². The number of hydrogen-bond acceptors (Lipinski definition) is 10. The third kappa shape index (κ3) is 4.71. The lowest BCUT2D eigenvalue weighted by molar-refractivity contribution is 0.0994. The summed E-state index contributed by atoms with van der Waals surface area (Å²) in [6, 6.07) is 6.61. The number of halogens is 1. The van der Waals surface area contributed by atoms with Gasteiger partial charge in [-0.1, -0.05) is 0 Å². The number of thiazole rings is 1. The van der Waals surface area contributed by atoms with Gasteiger partial charge in [-0.3, -0.25) is 15.1 Å². The second kappa shape index (κ2) is 10.0. The van der Waals surface area contributed by atoms with Crippen molar-refractivity contribution >= 4 is 50.3 Å². The van der Waals surface area contributed by atoms with E-state index in [4.69, 9.17) is 24.9 Å². The number of nitrogens with zero attached hydrogens (tertiary/aromatic N) is 4. The first-order chi connectivity index (χ1) is 19.3. The Balaban J connectivity index is 1.23. The van der Waals surface area contributed by atoms with E-state index in [0.29, 0.717) is 39.4 Å². The average Bonchev–Trinajstić information content (AvgIpc) is 3.56. The summed E-state index contributed by atoms with van der Waals surface area (Å²) in [6.45, 7) is 1.82. The van der Waals surface area contributed by atoms with E-state index in [-0.39, 0.29) is 23.6 Å². The number of anilines is 1. The Hall–Kier alpha value is -4.91. The predicted molar refractivity (Wildman–Crippen MR) is 145 cm³/mol. The molecular weight excluding hydrogens is 539 g/mol. The van der Waals surface area contributed by atoms with Crippen LogP contribution in [0.5, 0.6) is 11.6 Å². The summed E-state index contributed by atoms with van der Waals surface area (Å²) in [6.07, 6.45) is 3.13. The Bertz CT molecular complexity index is 1830. The highest BCUT2D eigenvalue weighted by Crippen LogP contribution is 2.43. The van der Waals surface area contributed by atoms with Crippen molar-refractivity contribution in [1.82, 2.24) is 19.9 Å². The molecule has 0 radical (unpaired) electrons. The number of methoxy groups -OCH3 is 1. The zero-order valence-electron chi connectivity index (χ0n) is 21.2. The van der Waals surface area contributed by atoms with Crippen LogP contribution in [0.4, 0.5) is 14.9 Å². The van der Waals surface area contributed by atoms with E-state index >= 15 is 4.39 Å². The number of benzene rings is 2. The minimum atomic E-state index is -0.780. The summed E-state index contributed by atoms with van der Waals surface area (Å²) in [4.78, 5) is 41.2. The molecular formula is C27H21FN6O5S. The molecule has 1 aliphatic heterocycles. The topological polar surface area (TPSA) is 151 Å². The summed E-state index contributed by atoms with van der Waals surface area (Å²) < 4.78 is 32.1. The number of carbonyl (C=O) groups excluding carboxylic acids is 2. The van der Waals surface area contributed by atoms with Crippen LogP contribution in [0.2, 0.25) is 0 Å². The van der Waals surface area contributed by atoms with E-state index < -0.39 is 23.9 Å². The molecule has 3 N–H and O–H groups in total. The molecule has 2 amide bonds. The first-order valence-corrected chi connectivity index (χ1v) is 12.9. The molecule has 1 aliphatic rings. The Labute approximate surface area is 230 Å². The summed E-state index contributed by atoms with van der Waals surface area (Å²) >= 11 is 1.41. The SMILES string of the molecule is COc1cnc2c(-c3nc4cc(F)c5c(c4s3)C[C@H](COC(=O)Nc3cncc(C(N)=O)c3)O5)cc(C)cc2n1. The number of amides is 2. The molecule has 13 heteroatoms. The standard InChI is InChI=1S/C27H21FN6O5S/c1-12-3-16(22-19(4-12)33-21(37-2)10-31-22)26-34-20-7-18(28)23-17(24(20)40-26)6-15(39-23)11-38-27(36)32-14-5-13(25(29)35)8-30-9-14/h3-5,7-10,15H,6,11H2,1-2H3,(H2,29,35)(H,32,36)/t15-/m1/s1. The second-order valence-corrected chi connectivity index (χ2v) is 10.1. The molecule has 0 unspecified atom stereocenters. The summed E-state index contributed by atoms with van der Waals surface area (Å²) in [7, 11) is 1.53. The minimum Gasteiger partial charge on any atom is -0.483 e. The molecule has 4 heterocycles. The number of aromatic nitrogens is 4. The number of nitrogens with one attached hydrogen (secondary N) is 1. The summed E-state index contributed by atoms with van der Waals surface area (Å²) in [5, 5.41) is 3.15. The van der Waals surface area contributed by atoms with Crippen LogP contribution >= 0.6 is 11.3 Å². The quantitative estimate of drug-likeness (QED) is 0.308. The first kappa shape index (κ1) is 25.4. The molecule has 5 aromatic rings. The Morgan fingerprint density at radius 1 is 1.18 bits per heavy atom. The number of ether oxygens (including phenoxy) is 3. The molecule has 3 aromatic heterocycles. The van der Waals surface area contributed by atoms with Gasteiger partial charge in [-0.15, -0.1) is 11.3 Å². The van der Waals surface area contributed by atoms with Gasteiger partial charge in [0.25, 0.3) is 0 Å². The van der Waals surface area contributed by atoms with Gasteiger partial charge in [0.1, 0.15) is 17.7 Å². The number of fused-ring (bicyclic) bond motifs is 4. The fourth-order valence-electron chi connectivity index (χ4n) is 4.51. The number of rotatable bonds is 6. The number of primary amides is 1. The Kier molecular flexibility index (Phi) is 6.34. The average molecular weight is 561 g/mol. The molecule has 1 atom stereocenters. The normalized spacial score (nSPS) is 14.1. The van der Waals surface area contributed by atoms with Gasteiger partial charge in [-0.25, -0.2) is 24.1 Å². The Morgan fingerprint density at radius 2 is 2.02 bits per heavy atom. The van der Waals surface area contributed by atoms with Crippen molar-refractivity contribution in [3.8, 4) is 22.2 Å². The van der Waals surface area contributed by atoms with E-state index in [9.17, 15) is 9.59 Å². The van der Waals surface area contributed by atoms with Crippen molar-refractivity contribution in [1.29, 1.82) is 0 Å². The maximum Gasteiger partial charge on any atom is 0.411 e. The van der Waals surface area contributed by atoms with Crippen LogP contribution in [-0.2, 0) is 11.2 Å². The molecule has 0 bridgehead atoms. The van der Waals surface area contributed by atoms with E-state index in [2.05, 4.69) is 20.3 Å². The highest BCUT2D eigenvalue weighted by Gasteiger charge is 2.31. The van der Waals surface area contributed by atoms with Crippen LogP contribution in [0.25, 0.3) is 31.8 Å². The highest BCUT2D eigenvalue weighted by atomic mass is 32.1. The van der Waals surface area contributed by atoms with Gasteiger partial charge >= 0.3 is 6.09 Å². The summed E-state index contributed by atoms with van der Waals surface area (Å²) in [5.74, 6) is -0.693. The molecule has 0 fully saturated rings.